The maximum absolute atomic E-state index is 13.4. The van der Waals surface area contributed by atoms with Crippen molar-refractivity contribution in [2.24, 2.45) is 4.99 Å². The van der Waals surface area contributed by atoms with Gasteiger partial charge in [-0.25, -0.2) is 4.99 Å². The van der Waals surface area contributed by atoms with Crippen molar-refractivity contribution < 1.29 is 27.8 Å². The molecule has 3 aromatic carbocycles. The molecule has 37 heavy (non-hydrogen) atoms. The van der Waals surface area contributed by atoms with Gasteiger partial charge in [-0.05, 0) is 59.7 Å². The van der Waals surface area contributed by atoms with Crippen LogP contribution in [0.25, 0.3) is 0 Å². The highest BCUT2D eigenvalue weighted by molar-refractivity contribution is 6.47. The van der Waals surface area contributed by atoms with E-state index in [0.717, 1.165) is 7.05 Å². The number of allylic oxidation sites excluding steroid dienone is 1. The van der Waals surface area contributed by atoms with Crippen LogP contribution in [0.3, 0.4) is 0 Å². The van der Waals surface area contributed by atoms with Crippen LogP contribution >= 0.6 is 0 Å². The van der Waals surface area contributed by atoms with Gasteiger partial charge in [-0.2, -0.15) is 18.4 Å². The van der Waals surface area contributed by atoms with Gasteiger partial charge in [0.2, 0.25) is 0 Å². The second kappa shape index (κ2) is 11.9. The van der Waals surface area contributed by atoms with Crippen LogP contribution in [-0.4, -0.2) is 37.1 Å². The Bertz CT molecular complexity index is 1380. The third kappa shape index (κ3) is 7.19. The minimum Gasteiger partial charge on any atom is -0.497 e. The van der Waals surface area contributed by atoms with Crippen LogP contribution in [0.4, 0.5) is 24.5 Å². The number of methoxy groups -OCH3 is 1. The lowest BCUT2D eigenvalue weighted by atomic mass is 10.0. The Morgan fingerprint density at radius 1 is 1.08 bits per heavy atom. The van der Waals surface area contributed by atoms with Gasteiger partial charge in [-0.15, -0.1) is 0 Å². The number of halogens is 3. The Morgan fingerprint density at radius 2 is 1.76 bits per heavy atom. The van der Waals surface area contributed by atoms with Crippen LogP contribution in [-0.2, 0) is 4.79 Å². The van der Waals surface area contributed by atoms with Gasteiger partial charge in [-0.1, -0.05) is 30.3 Å². The number of hydrogen-bond acceptors (Lipinski definition) is 6. The molecule has 1 amide bonds. The average Bonchev–Trinajstić information content (AvgIpc) is 2.90. The number of anilines is 1. The number of nitrogens with zero attached hydrogens (tertiary/aromatic N) is 2. The van der Waals surface area contributed by atoms with E-state index < -0.39 is 29.6 Å². The number of aliphatic imine (C=N–C) groups is 1. The lowest BCUT2D eigenvalue weighted by molar-refractivity contribution is -0.110. The number of amides is 1. The Morgan fingerprint density at radius 3 is 2.41 bits per heavy atom. The molecule has 1 unspecified atom stereocenters. The largest absolute Gasteiger partial charge is 0.497 e. The SMILES string of the molecule is CNC(=CC(=Nc1cccc(C#N)c1)C(=O)Nc1cccc(C(O)c2cccc(OC)c2)c1)C(F)(F)F. The summed E-state index contributed by atoms with van der Waals surface area (Å²) in [5.41, 5.74) is -0.152. The molecule has 0 aliphatic rings. The van der Waals surface area contributed by atoms with E-state index in [9.17, 15) is 23.1 Å². The molecular weight excluding hydrogens is 485 g/mol. The molecule has 10 heteroatoms. The third-order valence-electron chi connectivity index (χ3n) is 5.18. The van der Waals surface area contributed by atoms with Crippen LogP contribution in [0.1, 0.15) is 22.8 Å². The van der Waals surface area contributed by atoms with E-state index in [0.29, 0.717) is 23.0 Å². The lowest BCUT2D eigenvalue weighted by Gasteiger charge is -2.15. The van der Waals surface area contributed by atoms with Gasteiger partial charge in [-0.3, -0.25) is 4.79 Å². The minimum atomic E-state index is -4.76. The number of aliphatic hydroxyl groups excluding tert-OH is 1. The van der Waals surface area contributed by atoms with Crippen molar-refractivity contribution >= 4 is 23.0 Å². The summed E-state index contributed by atoms with van der Waals surface area (Å²) in [6, 6.07) is 20.8. The summed E-state index contributed by atoms with van der Waals surface area (Å²) in [6.45, 7) is 0. The van der Waals surface area contributed by atoms with Crippen molar-refractivity contribution in [2.75, 3.05) is 19.5 Å². The fourth-order valence-corrected chi connectivity index (χ4v) is 3.35. The van der Waals surface area contributed by atoms with Gasteiger partial charge >= 0.3 is 6.18 Å². The monoisotopic (exact) mass is 508 g/mol. The Labute approximate surface area is 211 Å². The number of benzene rings is 3. The first-order chi connectivity index (χ1) is 17.6. The number of nitrogens with one attached hydrogen (secondary N) is 2. The van der Waals surface area contributed by atoms with E-state index in [1.54, 1.807) is 36.4 Å². The molecule has 3 aromatic rings. The van der Waals surface area contributed by atoms with Gasteiger partial charge in [0.1, 0.15) is 23.3 Å². The van der Waals surface area contributed by atoms with Crippen molar-refractivity contribution in [3.8, 4) is 11.8 Å². The molecule has 3 N–H and O–H groups in total. The van der Waals surface area contributed by atoms with Crippen molar-refractivity contribution in [3.63, 3.8) is 0 Å². The Hall–Kier alpha value is -4.62. The molecule has 7 nitrogen and oxygen atoms in total. The van der Waals surface area contributed by atoms with Gasteiger partial charge < -0.3 is 20.5 Å². The van der Waals surface area contributed by atoms with Crippen molar-refractivity contribution in [1.82, 2.24) is 5.32 Å². The quantitative estimate of drug-likeness (QED) is 0.370. The zero-order chi connectivity index (χ0) is 27.0. The summed E-state index contributed by atoms with van der Waals surface area (Å²) in [4.78, 5) is 17.1. The second-order valence-electron chi connectivity index (χ2n) is 7.72. The highest BCUT2D eigenvalue weighted by Crippen LogP contribution is 2.27. The van der Waals surface area contributed by atoms with E-state index in [1.165, 1.54) is 43.5 Å². The predicted molar refractivity (Wildman–Crippen MR) is 134 cm³/mol. The number of hydrogen-bond donors (Lipinski definition) is 3. The van der Waals surface area contributed by atoms with E-state index in [1.807, 2.05) is 11.4 Å². The summed E-state index contributed by atoms with van der Waals surface area (Å²) in [7, 11) is 2.58. The third-order valence-corrected chi connectivity index (χ3v) is 5.18. The van der Waals surface area contributed by atoms with Gasteiger partial charge in [0.05, 0.1) is 24.4 Å². The first-order valence-corrected chi connectivity index (χ1v) is 10.9. The Balaban J connectivity index is 1.95. The molecule has 0 radical (unpaired) electrons. The molecule has 0 heterocycles. The zero-order valence-corrected chi connectivity index (χ0v) is 19.9. The van der Waals surface area contributed by atoms with Crippen molar-refractivity contribution in [1.29, 1.82) is 5.26 Å². The number of carbonyl (C=O) groups is 1. The topological polar surface area (TPSA) is 107 Å². The average molecular weight is 509 g/mol. The highest BCUT2D eigenvalue weighted by atomic mass is 19.4. The molecule has 0 saturated heterocycles. The molecule has 0 aliphatic carbocycles. The summed E-state index contributed by atoms with van der Waals surface area (Å²) >= 11 is 0. The van der Waals surface area contributed by atoms with Gasteiger partial charge in [0.15, 0.2) is 0 Å². The first-order valence-electron chi connectivity index (χ1n) is 10.9. The number of alkyl halides is 3. The molecular formula is C27H23F3N4O3. The van der Waals surface area contributed by atoms with E-state index in [4.69, 9.17) is 10.00 Å². The summed E-state index contributed by atoms with van der Waals surface area (Å²) < 4.78 is 45.3. The van der Waals surface area contributed by atoms with E-state index >= 15 is 0 Å². The van der Waals surface area contributed by atoms with Gasteiger partial charge in [0.25, 0.3) is 5.91 Å². The number of carbonyl (C=O) groups excluding carboxylic acids is 1. The number of aliphatic hydroxyl groups is 1. The van der Waals surface area contributed by atoms with Gasteiger partial charge in [0, 0.05) is 12.7 Å². The zero-order valence-electron chi connectivity index (χ0n) is 19.9. The molecule has 0 spiro atoms. The maximum Gasteiger partial charge on any atom is 0.430 e. The summed E-state index contributed by atoms with van der Waals surface area (Å²) in [6.07, 6.45) is -5.22. The van der Waals surface area contributed by atoms with Crippen LogP contribution < -0.4 is 15.4 Å². The molecule has 0 saturated carbocycles. The minimum absolute atomic E-state index is 0.125. The fourth-order valence-electron chi connectivity index (χ4n) is 3.35. The second-order valence-corrected chi connectivity index (χ2v) is 7.72. The van der Waals surface area contributed by atoms with Crippen LogP contribution in [0.5, 0.6) is 5.75 Å². The summed E-state index contributed by atoms with van der Waals surface area (Å²) in [5.74, 6) is -0.369. The number of ether oxygens (including phenoxy) is 1. The Kier molecular flexibility index (Phi) is 8.66. The summed E-state index contributed by atoms with van der Waals surface area (Å²) in [5, 5.41) is 24.5. The molecule has 0 bridgehead atoms. The van der Waals surface area contributed by atoms with Crippen molar-refractivity contribution in [3.05, 3.63) is 101 Å². The number of nitriles is 1. The standard InChI is InChI=1S/C27H23F3N4O3/c1-32-24(27(28,29)30)15-23(33-20-9-3-6-17(12-20)16-31)26(36)34-21-10-4-7-18(13-21)25(35)19-8-5-11-22(14-19)37-2/h3-15,25,32,35H,1-2H3,(H,34,36). The molecule has 0 aliphatic heterocycles. The molecule has 0 fully saturated rings. The predicted octanol–water partition coefficient (Wildman–Crippen LogP) is 5.03. The van der Waals surface area contributed by atoms with Crippen LogP contribution in [0, 0.1) is 11.3 Å². The lowest BCUT2D eigenvalue weighted by Crippen LogP contribution is -2.28. The highest BCUT2D eigenvalue weighted by Gasteiger charge is 2.34. The smallest absolute Gasteiger partial charge is 0.430 e. The molecule has 3 rings (SSSR count). The normalized spacial score (nSPS) is 12.9. The maximum atomic E-state index is 13.4. The van der Waals surface area contributed by atoms with Crippen molar-refractivity contribution in [2.45, 2.75) is 12.3 Å². The van der Waals surface area contributed by atoms with E-state index in [2.05, 4.69) is 10.3 Å². The first kappa shape index (κ1) is 27.0. The molecule has 0 aromatic heterocycles. The molecule has 1 atom stereocenters. The molecule has 190 valence electrons. The number of rotatable bonds is 8. The fraction of sp³-hybridized carbons (Fsp3) is 0.148. The van der Waals surface area contributed by atoms with Crippen LogP contribution in [0.2, 0.25) is 0 Å². The van der Waals surface area contributed by atoms with Crippen LogP contribution in [0.15, 0.2) is 89.6 Å². The van der Waals surface area contributed by atoms with E-state index in [-0.39, 0.29) is 16.9 Å².